The van der Waals surface area contributed by atoms with Crippen LogP contribution in [0.3, 0.4) is 0 Å². The van der Waals surface area contributed by atoms with Crippen LogP contribution in [0.1, 0.15) is 50.6 Å². The van der Waals surface area contributed by atoms with Crippen molar-refractivity contribution < 1.29 is 4.79 Å². The summed E-state index contributed by atoms with van der Waals surface area (Å²) in [5.41, 5.74) is 2.41. The Balaban J connectivity index is 1.78. The van der Waals surface area contributed by atoms with E-state index in [-0.39, 0.29) is 0 Å². The zero-order valence-electron chi connectivity index (χ0n) is 12.3. The molecule has 1 saturated carbocycles. The lowest BCUT2D eigenvalue weighted by molar-refractivity contribution is -0.119. The largest absolute Gasteiger partial charge is 0.312 e. The monoisotopic (exact) mass is 272 g/mol. The molecule has 20 heavy (non-hydrogen) atoms. The van der Waals surface area contributed by atoms with Gasteiger partial charge in [-0.3, -0.25) is 4.79 Å². The van der Waals surface area contributed by atoms with E-state index in [2.05, 4.69) is 30.4 Å². The van der Waals surface area contributed by atoms with Gasteiger partial charge in [-0.15, -0.1) is 0 Å². The third-order valence-corrected chi connectivity index (χ3v) is 4.35. The van der Waals surface area contributed by atoms with Crippen LogP contribution in [-0.2, 0) is 4.79 Å². The van der Waals surface area contributed by atoms with E-state index in [9.17, 15) is 4.79 Å². The number of fused-ring (bicyclic) bond motifs is 1. The molecule has 0 saturated heterocycles. The van der Waals surface area contributed by atoms with Crippen LogP contribution >= 0.6 is 0 Å². The minimum Gasteiger partial charge on any atom is -0.312 e. The third-order valence-electron chi connectivity index (χ3n) is 4.35. The lowest BCUT2D eigenvalue weighted by atomic mass is 9.95. The van der Waals surface area contributed by atoms with Gasteiger partial charge in [-0.05, 0) is 49.8 Å². The highest BCUT2D eigenvalue weighted by Crippen LogP contribution is 2.37. The second-order valence-electron chi connectivity index (χ2n) is 6.05. The summed E-state index contributed by atoms with van der Waals surface area (Å²) in [6.07, 6.45) is 5.38. The van der Waals surface area contributed by atoms with E-state index in [0.29, 0.717) is 17.9 Å². The van der Waals surface area contributed by atoms with Gasteiger partial charge in [-0.2, -0.15) is 0 Å². The van der Waals surface area contributed by atoms with E-state index in [1.54, 1.807) is 0 Å². The molecular formula is C17H24N2O. The second-order valence-corrected chi connectivity index (χ2v) is 6.05. The second kappa shape index (κ2) is 5.96. The highest BCUT2D eigenvalue weighted by atomic mass is 16.2. The Labute approximate surface area is 121 Å². The fourth-order valence-electron chi connectivity index (χ4n) is 3.03. The summed E-state index contributed by atoms with van der Waals surface area (Å²) in [5, 5.41) is 3.60. The van der Waals surface area contributed by atoms with Gasteiger partial charge in [0.05, 0.1) is 0 Å². The molecule has 0 radical (unpaired) electrons. The molecule has 1 amide bonds. The maximum absolute atomic E-state index is 12.4. The number of nitrogens with one attached hydrogen (secondary N) is 1. The van der Waals surface area contributed by atoms with Crippen LogP contribution < -0.4 is 10.2 Å². The van der Waals surface area contributed by atoms with Gasteiger partial charge in [0, 0.05) is 24.7 Å². The molecule has 1 aliphatic carbocycles. The molecular weight excluding hydrogens is 248 g/mol. The molecule has 3 heteroatoms. The van der Waals surface area contributed by atoms with Crippen molar-refractivity contribution in [2.24, 2.45) is 5.92 Å². The van der Waals surface area contributed by atoms with Crippen molar-refractivity contribution in [2.45, 2.75) is 45.1 Å². The number of amides is 1. The van der Waals surface area contributed by atoms with Gasteiger partial charge in [-0.1, -0.05) is 25.1 Å². The highest BCUT2D eigenvalue weighted by Gasteiger charge is 2.31. The Morgan fingerprint density at radius 3 is 2.85 bits per heavy atom. The summed E-state index contributed by atoms with van der Waals surface area (Å²) >= 11 is 0. The molecule has 1 aliphatic heterocycles. The molecule has 0 spiro atoms. The van der Waals surface area contributed by atoms with Crippen LogP contribution in [0.5, 0.6) is 0 Å². The van der Waals surface area contributed by atoms with Gasteiger partial charge < -0.3 is 10.2 Å². The Morgan fingerprint density at radius 2 is 2.10 bits per heavy atom. The van der Waals surface area contributed by atoms with Crippen LogP contribution in [0.2, 0.25) is 0 Å². The molecule has 1 fully saturated rings. The van der Waals surface area contributed by atoms with Crippen molar-refractivity contribution in [3.8, 4) is 0 Å². The Morgan fingerprint density at radius 1 is 1.30 bits per heavy atom. The van der Waals surface area contributed by atoms with Gasteiger partial charge >= 0.3 is 0 Å². The van der Waals surface area contributed by atoms with Gasteiger partial charge in [0.2, 0.25) is 5.91 Å². The molecule has 2 aliphatic rings. The molecule has 108 valence electrons. The summed E-state index contributed by atoms with van der Waals surface area (Å²) < 4.78 is 0. The lowest BCUT2D eigenvalue weighted by Gasteiger charge is -2.35. The van der Waals surface area contributed by atoms with E-state index < -0.39 is 0 Å². The van der Waals surface area contributed by atoms with Crippen molar-refractivity contribution >= 4 is 11.6 Å². The van der Waals surface area contributed by atoms with Crippen LogP contribution in [-0.4, -0.2) is 19.0 Å². The summed E-state index contributed by atoms with van der Waals surface area (Å²) in [5.74, 6) is 0.972. The first-order chi connectivity index (χ1) is 9.79. The Kier molecular flexibility index (Phi) is 4.06. The van der Waals surface area contributed by atoms with Crippen molar-refractivity contribution in [3.63, 3.8) is 0 Å². The molecule has 1 aromatic rings. The standard InChI is InChI=1S/C17H24N2O/c1-2-10-18-15-9-11-19(17(20)12-13-7-8-13)16-6-4-3-5-14(15)16/h3-6,13,15,18H,2,7-12H2,1H3. The smallest absolute Gasteiger partial charge is 0.227 e. The molecule has 1 heterocycles. The quantitative estimate of drug-likeness (QED) is 0.892. The maximum Gasteiger partial charge on any atom is 0.227 e. The summed E-state index contributed by atoms with van der Waals surface area (Å²) in [6.45, 7) is 4.08. The summed E-state index contributed by atoms with van der Waals surface area (Å²) in [4.78, 5) is 14.4. The number of carbonyl (C=O) groups is 1. The van der Waals surface area contributed by atoms with Crippen LogP contribution in [0.4, 0.5) is 5.69 Å². The first-order valence-corrected chi connectivity index (χ1v) is 7.92. The highest BCUT2D eigenvalue weighted by molar-refractivity contribution is 5.95. The van der Waals surface area contributed by atoms with E-state index >= 15 is 0 Å². The van der Waals surface area contributed by atoms with Crippen molar-refractivity contribution in [2.75, 3.05) is 18.0 Å². The zero-order valence-corrected chi connectivity index (χ0v) is 12.3. The van der Waals surface area contributed by atoms with Gasteiger partial charge in [0.15, 0.2) is 0 Å². The van der Waals surface area contributed by atoms with E-state index in [1.165, 1.54) is 18.4 Å². The van der Waals surface area contributed by atoms with Crippen molar-refractivity contribution in [1.82, 2.24) is 5.32 Å². The number of hydrogen-bond donors (Lipinski definition) is 1. The van der Waals surface area contributed by atoms with Crippen LogP contribution in [0.25, 0.3) is 0 Å². The Bertz CT molecular complexity index is 482. The fraction of sp³-hybridized carbons (Fsp3) is 0.588. The first-order valence-electron chi connectivity index (χ1n) is 7.92. The molecule has 1 atom stereocenters. The van der Waals surface area contributed by atoms with Crippen molar-refractivity contribution in [3.05, 3.63) is 29.8 Å². The lowest BCUT2D eigenvalue weighted by Crippen LogP contribution is -2.40. The topological polar surface area (TPSA) is 32.3 Å². The number of hydrogen-bond acceptors (Lipinski definition) is 2. The predicted octanol–water partition coefficient (Wildman–Crippen LogP) is 3.26. The Hall–Kier alpha value is -1.35. The average Bonchev–Trinajstić information content (AvgIpc) is 3.28. The van der Waals surface area contributed by atoms with Crippen LogP contribution in [0, 0.1) is 5.92 Å². The summed E-state index contributed by atoms with van der Waals surface area (Å²) in [7, 11) is 0. The molecule has 3 nitrogen and oxygen atoms in total. The summed E-state index contributed by atoms with van der Waals surface area (Å²) in [6, 6.07) is 8.78. The molecule has 1 unspecified atom stereocenters. The number of rotatable bonds is 5. The normalized spacial score (nSPS) is 21.6. The number of anilines is 1. The van der Waals surface area contributed by atoms with Gasteiger partial charge in [0.1, 0.15) is 0 Å². The van der Waals surface area contributed by atoms with E-state index in [4.69, 9.17) is 0 Å². The number of nitrogens with zero attached hydrogens (tertiary/aromatic N) is 1. The average molecular weight is 272 g/mol. The molecule has 0 aromatic heterocycles. The molecule has 1 N–H and O–H groups in total. The molecule has 1 aromatic carbocycles. The zero-order chi connectivity index (χ0) is 13.9. The number of benzene rings is 1. The SMILES string of the molecule is CCCNC1CCN(C(=O)CC2CC2)c2ccccc21. The van der Waals surface area contributed by atoms with E-state index in [0.717, 1.165) is 38.0 Å². The predicted molar refractivity (Wildman–Crippen MR) is 81.8 cm³/mol. The number of carbonyl (C=O) groups excluding carboxylic acids is 1. The molecule has 3 rings (SSSR count). The maximum atomic E-state index is 12.4. The fourth-order valence-corrected chi connectivity index (χ4v) is 3.03. The van der Waals surface area contributed by atoms with Crippen molar-refractivity contribution in [1.29, 1.82) is 0 Å². The van der Waals surface area contributed by atoms with Gasteiger partial charge in [-0.25, -0.2) is 0 Å². The van der Waals surface area contributed by atoms with Crippen LogP contribution in [0.15, 0.2) is 24.3 Å². The van der Waals surface area contributed by atoms with Gasteiger partial charge in [0.25, 0.3) is 0 Å². The minimum atomic E-state index is 0.314. The minimum absolute atomic E-state index is 0.314. The third kappa shape index (κ3) is 2.88. The van der Waals surface area contributed by atoms with E-state index in [1.807, 2.05) is 11.0 Å². The first kappa shape index (κ1) is 13.6. The molecule has 0 bridgehead atoms. The number of para-hydroxylation sites is 1.